The predicted octanol–water partition coefficient (Wildman–Crippen LogP) is 7.31. The van der Waals surface area contributed by atoms with Crippen molar-refractivity contribution in [3.05, 3.63) is 69.3 Å². The molecule has 5 rings (SSSR count). The van der Waals surface area contributed by atoms with Gasteiger partial charge in [-0.3, -0.25) is 9.59 Å². The van der Waals surface area contributed by atoms with Gasteiger partial charge < -0.3 is 10.2 Å². The van der Waals surface area contributed by atoms with Gasteiger partial charge in [0.1, 0.15) is 11.1 Å². The van der Waals surface area contributed by atoms with Crippen molar-refractivity contribution in [2.24, 2.45) is 0 Å². The summed E-state index contributed by atoms with van der Waals surface area (Å²) in [4.78, 5) is 29.3. The number of carbonyl (C=O) groups excluding carboxylic acids is 2. The Morgan fingerprint density at radius 3 is 2.33 bits per heavy atom. The number of benzene rings is 2. The third kappa shape index (κ3) is 5.19. The first kappa shape index (κ1) is 27.7. The number of carbonyl (C=O) groups is 2. The van der Waals surface area contributed by atoms with Crippen LogP contribution in [0.1, 0.15) is 94.5 Å². The van der Waals surface area contributed by atoms with E-state index in [0.717, 1.165) is 36.1 Å². The number of rotatable bonds is 11. The molecule has 39 heavy (non-hydrogen) atoms. The zero-order valence-electron chi connectivity index (χ0n) is 22.6. The fourth-order valence-corrected chi connectivity index (χ4v) is 6.22. The van der Waals surface area contributed by atoms with Gasteiger partial charge in [-0.15, -0.1) is 5.10 Å². The van der Waals surface area contributed by atoms with E-state index in [1.165, 1.54) is 32.1 Å². The lowest BCUT2D eigenvalue weighted by Crippen LogP contribution is -2.47. The number of amides is 2. The van der Waals surface area contributed by atoms with Crippen molar-refractivity contribution in [1.29, 1.82) is 0 Å². The molecule has 0 aliphatic carbocycles. The van der Waals surface area contributed by atoms with E-state index in [0.29, 0.717) is 28.1 Å². The Bertz CT molecular complexity index is 1360. The number of hydrogen-bond donors (Lipinski definition) is 1. The summed E-state index contributed by atoms with van der Waals surface area (Å²) >= 11 is 12.5. The van der Waals surface area contributed by atoms with Crippen molar-refractivity contribution in [1.82, 2.24) is 15.0 Å². The van der Waals surface area contributed by atoms with E-state index >= 15 is 0 Å². The number of fused-ring (bicyclic) bond motifs is 4. The topological polar surface area (TPSA) is 80.1 Å². The van der Waals surface area contributed by atoms with Crippen molar-refractivity contribution >= 4 is 46.5 Å². The molecule has 0 saturated heterocycles. The van der Waals surface area contributed by atoms with Gasteiger partial charge in [0.2, 0.25) is 11.8 Å². The van der Waals surface area contributed by atoms with Crippen LogP contribution in [0.15, 0.2) is 42.5 Å². The molecule has 2 amide bonds. The monoisotopic (exact) mass is 567 g/mol. The molecule has 0 unspecified atom stereocenters. The molecule has 1 aromatic heterocycles. The highest BCUT2D eigenvalue weighted by molar-refractivity contribution is 6.31. The van der Waals surface area contributed by atoms with Gasteiger partial charge in [-0.1, -0.05) is 92.4 Å². The van der Waals surface area contributed by atoms with Gasteiger partial charge in [0.25, 0.3) is 0 Å². The summed E-state index contributed by atoms with van der Waals surface area (Å²) in [6.07, 6.45) is 9.41. The van der Waals surface area contributed by atoms with E-state index in [2.05, 4.69) is 22.6 Å². The Morgan fingerprint density at radius 2 is 1.62 bits per heavy atom. The molecule has 3 heterocycles. The van der Waals surface area contributed by atoms with Crippen molar-refractivity contribution in [2.45, 2.75) is 83.1 Å². The van der Waals surface area contributed by atoms with E-state index in [9.17, 15) is 9.59 Å². The summed E-state index contributed by atoms with van der Waals surface area (Å²) < 4.78 is 1.68. The molecule has 2 aliphatic rings. The molecule has 2 aliphatic heterocycles. The molecule has 2 atom stereocenters. The zero-order chi connectivity index (χ0) is 27.6. The first-order chi connectivity index (χ1) is 18.9. The zero-order valence-corrected chi connectivity index (χ0v) is 24.1. The van der Waals surface area contributed by atoms with Crippen molar-refractivity contribution in [3.63, 3.8) is 0 Å². The average molecular weight is 569 g/mol. The third-order valence-corrected chi connectivity index (χ3v) is 8.54. The lowest BCUT2D eigenvalue weighted by atomic mass is 9.73. The van der Waals surface area contributed by atoms with Gasteiger partial charge in [0, 0.05) is 22.3 Å². The van der Waals surface area contributed by atoms with Crippen LogP contribution in [-0.4, -0.2) is 33.4 Å². The number of anilines is 2. The summed E-state index contributed by atoms with van der Waals surface area (Å²) in [6, 6.07) is 12.7. The maximum Gasteiger partial charge on any atom is 0.244 e. The van der Waals surface area contributed by atoms with Crippen LogP contribution in [-0.2, 0) is 15.0 Å². The van der Waals surface area contributed by atoms with E-state index in [1.807, 2.05) is 48.2 Å². The van der Waals surface area contributed by atoms with E-state index in [4.69, 9.17) is 23.2 Å². The van der Waals surface area contributed by atoms with Crippen LogP contribution < -0.4 is 10.2 Å². The Hall–Kier alpha value is -2.90. The molecule has 0 saturated carbocycles. The molecular weight excluding hydrogens is 533 g/mol. The Kier molecular flexibility index (Phi) is 8.29. The second-order valence-electron chi connectivity index (χ2n) is 10.7. The van der Waals surface area contributed by atoms with E-state index in [1.54, 1.807) is 10.7 Å². The maximum absolute atomic E-state index is 14.3. The highest BCUT2D eigenvalue weighted by Gasteiger charge is 2.58. The minimum atomic E-state index is -1.25. The summed E-state index contributed by atoms with van der Waals surface area (Å²) in [7, 11) is 0. The molecule has 1 N–H and O–H groups in total. The molecule has 2 aromatic carbocycles. The molecular formula is C30H35Cl2N5O2. The number of aromatic nitrogens is 3. The van der Waals surface area contributed by atoms with Gasteiger partial charge >= 0.3 is 0 Å². The molecule has 206 valence electrons. The number of hydrogen-bond acceptors (Lipinski definition) is 4. The van der Waals surface area contributed by atoms with Gasteiger partial charge in [-0.25, -0.2) is 4.68 Å². The molecule has 0 radical (unpaired) electrons. The number of nitrogens with one attached hydrogen (secondary N) is 1. The largest absolute Gasteiger partial charge is 0.311 e. The van der Waals surface area contributed by atoms with Crippen molar-refractivity contribution in [3.8, 4) is 0 Å². The SMILES string of the molecule is CCCCCCCCCCN1C(=O)[C@]2(CC(=O)Nc3c2nnn3[C@@H](C)c2ccc(Cl)cc2)c2cc(Cl)ccc21. The van der Waals surface area contributed by atoms with Crippen LogP contribution in [0.3, 0.4) is 0 Å². The minimum absolute atomic E-state index is 0.0336. The molecule has 0 fully saturated rings. The Morgan fingerprint density at radius 1 is 0.949 bits per heavy atom. The van der Waals surface area contributed by atoms with Crippen LogP contribution in [0.2, 0.25) is 10.0 Å². The molecule has 3 aromatic rings. The first-order valence-electron chi connectivity index (χ1n) is 14.0. The number of unbranched alkanes of at least 4 members (excludes halogenated alkanes) is 7. The quantitative estimate of drug-likeness (QED) is 0.246. The summed E-state index contributed by atoms with van der Waals surface area (Å²) in [5, 5.41) is 13.1. The Balaban J connectivity index is 1.44. The second-order valence-corrected chi connectivity index (χ2v) is 11.6. The summed E-state index contributed by atoms with van der Waals surface area (Å²) in [5.41, 5.74) is 1.69. The number of halogens is 2. The van der Waals surface area contributed by atoms with Gasteiger partial charge in [0.05, 0.1) is 12.5 Å². The third-order valence-electron chi connectivity index (χ3n) is 8.06. The maximum atomic E-state index is 14.3. The van der Waals surface area contributed by atoms with Crippen LogP contribution in [0, 0.1) is 0 Å². The highest BCUT2D eigenvalue weighted by Crippen LogP contribution is 2.52. The lowest BCUT2D eigenvalue weighted by Gasteiger charge is -2.31. The smallest absolute Gasteiger partial charge is 0.244 e. The first-order valence-corrected chi connectivity index (χ1v) is 14.8. The van der Waals surface area contributed by atoms with Crippen LogP contribution >= 0.6 is 23.2 Å². The fraction of sp³-hybridized carbons (Fsp3) is 0.467. The van der Waals surface area contributed by atoms with Gasteiger partial charge in [-0.2, -0.15) is 0 Å². The average Bonchev–Trinajstić information content (AvgIpc) is 3.44. The predicted molar refractivity (Wildman–Crippen MR) is 156 cm³/mol. The minimum Gasteiger partial charge on any atom is -0.311 e. The fourth-order valence-electron chi connectivity index (χ4n) is 5.92. The van der Waals surface area contributed by atoms with Crippen LogP contribution in [0.4, 0.5) is 11.5 Å². The normalized spacial score (nSPS) is 18.8. The molecule has 1 spiro atoms. The highest BCUT2D eigenvalue weighted by atomic mass is 35.5. The molecule has 0 bridgehead atoms. The second kappa shape index (κ2) is 11.7. The van der Waals surface area contributed by atoms with Crippen LogP contribution in [0.5, 0.6) is 0 Å². The lowest BCUT2D eigenvalue weighted by molar-refractivity contribution is -0.126. The standard InChI is InChI=1S/C30H35Cl2N5O2/c1-3-4-5-6-7-8-9-10-17-36-25-16-15-23(32)18-24(25)30(29(36)39)19-26(38)33-28-27(30)34-35-37(28)20(2)21-11-13-22(31)14-12-21/h11-16,18,20H,3-10,17,19H2,1-2H3,(H,33,38)/t20-,30+/m0/s1. The van der Waals surface area contributed by atoms with Gasteiger partial charge in [-0.05, 0) is 54.8 Å². The molecule has 7 nitrogen and oxygen atoms in total. The van der Waals surface area contributed by atoms with Gasteiger partial charge in [0.15, 0.2) is 5.82 Å². The molecule has 9 heteroatoms. The Labute approximate surface area is 239 Å². The summed E-state index contributed by atoms with van der Waals surface area (Å²) in [6.45, 7) is 4.79. The number of nitrogens with zero attached hydrogens (tertiary/aromatic N) is 4. The van der Waals surface area contributed by atoms with Crippen LogP contribution in [0.25, 0.3) is 0 Å². The van der Waals surface area contributed by atoms with Crippen molar-refractivity contribution < 1.29 is 9.59 Å². The van der Waals surface area contributed by atoms with E-state index < -0.39 is 5.41 Å². The summed E-state index contributed by atoms with van der Waals surface area (Å²) in [5.74, 6) is 0.0643. The van der Waals surface area contributed by atoms with Crippen molar-refractivity contribution in [2.75, 3.05) is 16.8 Å². The van der Waals surface area contributed by atoms with E-state index in [-0.39, 0.29) is 24.3 Å².